The van der Waals surface area contributed by atoms with E-state index in [-0.39, 0.29) is 0 Å². The second-order valence-electron chi connectivity index (χ2n) is 6.06. The van der Waals surface area contributed by atoms with E-state index in [4.69, 9.17) is 4.74 Å². The van der Waals surface area contributed by atoms with Gasteiger partial charge in [-0.2, -0.15) is 0 Å². The molecule has 0 amide bonds. The van der Waals surface area contributed by atoms with Gasteiger partial charge in [0.15, 0.2) is 0 Å². The van der Waals surface area contributed by atoms with Gasteiger partial charge >= 0.3 is 0 Å². The van der Waals surface area contributed by atoms with Crippen molar-refractivity contribution in [3.05, 3.63) is 0 Å². The van der Waals surface area contributed by atoms with Crippen LogP contribution >= 0.6 is 0 Å². The van der Waals surface area contributed by atoms with Crippen molar-refractivity contribution in [2.24, 2.45) is 11.8 Å². The van der Waals surface area contributed by atoms with Gasteiger partial charge in [0.1, 0.15) is 0 Å². The Balaban J connectivity index is 1.80. The zero-order valence-electron chi connectivity index (χ0n) is 11.3. The van der Waals surface area contributed by atoms with E-state index in [1.165, 1.54) is 38.5 Å². The second-order valence-corrected chi connectivity index (χ2v) is 6.06. The summed E-state index contributed by atoms with van der Waals surface area (Å²) in [5.74, 6) is 1.26. The first-order chi connectivity index (χ1) is 8.24. The Kier molecular flexibility index (Phi) is 4.87. The third-order valence-corrected chi connectivity index (χ3v) is 5.01. The van der Waals surface area contributed by atoms with Crippen molar-refractivity contribution >= 4 is 0 Å². The summed E-state index contributed by atoms with van der Waals surface area (Å²) in [5, 5.41) is 10.8. The number of aliphatic hydroxyl groups is 1. The summed E-state index contributed by atoms with van der Waals surface area (Å²) < 4.78 is 5.44. The molecule has 0 aromatic rings. The van der Waals surface area contributed by atoms with Gasteiger partial charge in [0.2, 0.25) is 0 Å². The van der Waals surface area contributed by atoms with Crippen LogP contribution in [-0.2, 0) is 4.74 Å². The smallest absolute Gasteiger partial charge is 0.0696 e. The molecule has 2 heteroatoms. The van der Waals surface area contributed by atoms with Crippen LogP contribution < -0.4 is 0 Å². The van der Waals surface area contributed by atoms with Gasteiger partial charge in [0.25, 0.3) is 0 Å². The molecule has 2 fully saturated rings. The zero-order chi connectivity index (χ0) is 12.1. The van der Waals surface area contributed by atoms with Crippen molar-refractivity contribution in [1.82, 2.24) is 0 Å². The van der Waals surface area contributed by atoms with Gasteiger partial charge in [-0.3, -0.25) is 0 Å². The third-order valence-electron chi connectivity index (χ3n) is 5.01. The summed E-state index contributed by atoms with van der Waals surface area (Å²) in [4.78, 5) is 0. The molecule has 2 atom stereocenters. The lowest BCUT2D eigenvalue weighted by Gasteiger charge is -2.34. The van der Waals surface area contributed by atoms with Crippen LogP contribution in [0.4, 0.5) is 0 Å². The zero-order valence-corrected chi connectivity index (χ0v) is 11.3. The monoisotopic (exact) mass is 240 g/mol. The molecule has 0 radical (unpaired) electrons. The van der Waals surface area contributed by atoms with Crippen molar-refractivity contribution < 1.29 is 9.84 Å². The van der Waals surface area contributed by atoms with Gasteiger partial charge in [-0.25, -0.2) is 0 Å². The van der Waals surface area contributed by atoms with Gasteiger partial charge < -0.3 is 9.84 Å². The molecule has 1 aliphatic carbocycles. The van der Waals surface area contributed by atoms with Crippen LogP contribution in [0, 0.1) is 11.8 Å². The first-order valence-electron chi connectivity index (χ1n) is 7.55. The fraction of sp³-hybridized carbons (Fsp3) is 1.00. The molecule has 1 heterocycles. The number of rotatable bonds is 5. The molecule has 0 aromatic heterocycles. The fourth-order valence-corrected chi connectivity index (χ4v) is 3.56. The molecule has 100 valence electrons. The van der Waals surface area contributed by atoms with Crippen molar-refractivity contribution in [3.63, 3.8) is 0 Å². The molecular weight excluding hydrogens is 212 g/mol. The standard InChI is InChI=1S/C15H28O2/c1-2-15(16,14-9-11-17-12-14)10-8-13-6-4-3-5-7-13/h13-14,16H,2-12H2,1H3. The fourth-order valence-electron chi connectivity index (χ4n) is 3.56. The quantitative estimate of drug-likeness (QED) is 0.796. The van der Waals surface area contributed by atoms with E-state index in [2.05, 4.69) is 6.92 Å². The lowest BCUT2D eigenvalue weighted by molar-refractivity contribution is -0.0376. The van der Waals surface area contributed by atoms with E-state index in [0.717, 1.165) is 38.4 Å². The predicted molar refractivity (Wildman–Crippen MR) is 70.0 cm³/mol. The average molecular weight is 240 g/mol. The maximum Gasteiger partial charge on any atom is 0.0696 e. The first-order valence-corrected chi connectivity index (χ1v) is 7.55. The SMILES string of the molecule is CCC(O)(CCC1CCCCC1)C1CCOC1. The maximum atomic E-state index is 10.8. The van der Waals surface area contributed by atoms with Crippen LogP contribution in [0.2, 0.25) is 0 Å². The third kappa shape index (κ3) is 3.45. The second kappa shape index (κ2) is 6.19. The number of hydrogen-bond acceptors (Lipinski definition) is 2. The largest absolute Gasteiger partial charge is 0.390 e. The van der Waals surface area contributed by atoms with Crippen LogP contribution in [0.25, 0.3) is 0 Å². The van der Waals surface area contributed by atoms with E-state index < -0.39 is 5.60 Å². The van der Waals surface area contributed by atoms with Crippen molar-refractivity contribution in [3.8, 4) is 0 Å². The Labute approximate surface area is 106 Å². The number of hydrogen-bond donors (Lipinski definition) is 1. The molecular formula is C15H28O2. The summed E-state index contributed by atoms with van der Waals surface area (Å²) >= 11 is 0. The van der Waals surface area contributed by atoms with Crippen LogP contribution in [0.1, 0.15) is 64.7 Å². The van der Waals surface area contributed by atoms with Gasteiger partial charge in [0.05, 0.1) is 12.2 Å². The Bertz CT molecular complexity index is 217. The van der Waals surface area contributed by atoms with E-state index in [1.807, 2.05) is 0 Å². The summed E-state index contributed by atoms with van der Waals surface area (Å²) in [5.41, 5.74) is -0.450. The van der Waals surface area contributed by atoms with Gasteiger partial charge in [0, 0.05) is 12.5 Å². The molecule has 1 N–H and O–H groups in total. The van der Waals surface area contributed by atoms with E-state index in [0.29, 0.717) is 5.92 Å². The molecule has 2 rings (SSSR count). The molecule has 1 saturated carbocycles. The van der Waals surface area contributed by atoms with E-state index in [1.54, 1.807) is 0 Å². The average Bonchev–Trinajstić information content (AvgIpc) is 2.92. The lowest BCUT2D eigenvalue weighted by atomic mass is 9.77. The summed E-state index contributed by atoms with van der Waals surface area (Å²) in [7, 11) is 0. The van der Waals surface area contributed by atoms with Crippen LogP contribution in [-0.4, -0.2) is 23.9 Å². The topological polar surface area (TPSA) is 29.5 Å². The van der Waals surface area contributed by atoms with Gasteiger partial charge in [-0.05, 0) is 31.6 Å². The van der Waals surface area contributed by atoms with Crippen molar-refractivity contribution in [2.45, 2.75) is 70.3 Å². The van der Waals surface area contributed by atoms with Crippen LogP contribution in [0.15, 0.2) is 0 Å². The normalized spacial score (nSPS) is 30.4. The summed E-state index contributed by atoms with van der Waals surface area (Å²) in [6.07, 6.45) is 11.2. The predicted octanol–water partition coefficient (Wildman–Crippen LogP) is 3.52. The maximum absolute atomic E-state index is 10.8. The molecule has 17 heavy (non-hydrogen) atoms. The molecule has 1 saturated heterocycles. The Morgan fingerprint density at radius 3 is 2.53 bits per heavy atom. The molecule has 2 unspecified atom stereocenters. The lowest BCUT2D eigenvalue weighted by Crippen LogP contribution is -2.38. The Morgan fingerprint density at radius 1 is 1.18 bits per heavy atom. The van der Waals surface area contributed by atoms with Crippen LogP contribution in [0.3, 0.4) is 0 Å². The Hall–Kier alpha value is -0.0800. The molecule has 2 nitrogen and oxygen atoms in total. The molecule has 0 aromatic carbocycles. The minimum absolute atomic E-state index is 0.385. The minimum atomic E-state index is -0.450. The highest BCUT2D eigenvalue weighted by atomic mass is 16.5. The molecule has 0 bridgehead atoms. The highest BCUT2D eigenvalue weighted by Gasteiger charge is 2.37. The first kappa shape index (κ1) is 13.4. The highest BCUT2D eigenvalue weighted by Crippen LogP contribution is 2.36. The van der Waals surface area contributed by atoms with Gasteiger partial charge in [-0.1, -0.05) is 39.0 Å². The van der Waals surface area contributed by atoms with Crippen molar-refractivity contribution in [1.29, 1.82) is 0 Å². The summed E-state index contributed by atoms with van der Waals surface area (Å²) in [6.45, 7) is 3.74. The van der Waals surface area contributed by atoms with Gasteiger partial charge in [-0.15, -0.1) is 0 Å². The molecule has 2 aliphatic rings. The summed E-state index contributed by atoms with van der Waals surface area (Å²) in [6, 6.07) is 0. The van der Waals surface area contributed by atoms with Crippen molar-refractivity contribution in [2.75, 3.05) is 13.2 Å². The Morgan fingerprint density at radius 2 is 1.94 bits per heavy atom. The molecule has 1 aliphatic heterocycles. The van der Waals surface area contributed by atoms with E-state index >= 15 is 0 Å². The number of ether oxygens (including phenoxy) is 1. The molecule has 0 spiro atoms. The van der Waals surface area contributed by atoms with Crippen LogP contribution in [0.5, 0.6) is 0 Å². The van der Waals surface area contributed by atoms with E-state index in [9.17, 15) is 5.11 Å². The minimum Gasteiger partial charge on any atom is -0.390 e. The highest BCUT2D eigenvalue weighted by molar-refractivity contribution is 4.88.